The second-order valence-corrected chi connectivity index (χ2v) is 9.47. The number of hydrogen-bond acceptors (Lipinski definition) is 3. The number of unbranched alkanes of at least 4 members (excludes halogenated alkanes) is 3. The van der Waals surface area contributed by atoms with E-state index in [1.807, 2.05) is 22.7 Å². The molecule has 0 saturated carbocycles. The van der Waals surface area contributed by atoms with Crippen molar-refractivity contribution in [3.8, 4) is 9.75 Å². The summed E-state index contributed by atoms with van der Waals surface area (Å²) >= 11 is 3.78. The molecule has 0 amide bonds. The van der Waals surface area contributed by atoms with Crippen molar-refractivity contribution in [2.24, 2.45) is 5.92 Å². The summed E-state index contributed by atoms with van der Waals surface area (Å²) in [6.07, 6.45) is 9.05. The van der Waals surface area contributed by atoms with Gasteiger partial charge in [-0.05, 0) is 54.3 Å². The van der Waals surface area contributed by atoms with E-state index >= 15 is 0 Å². The molecule has 0 saturated heterocycles. The largest absolute Gasteiger partial charge is 0.374 e. The van der Waals surface area contributed by atoms with Gasteiger partial charge in [-0.1, -0.05) is 53.0 Å². The van der Waals surface area contributed by atoms with Crippen LogP contribution < -0.4 is 0 Å². The molecule has 1 unspecified atom stereocenters. The third kappa shape index (κ3) is 5.99. The summed E-state index contributed by atoms with van der Waals surface area (Å²) < 4.78 is 0. The van der Waals surface area contributed by atoms with Crippen molar-refractivity contribution < 1.29 is 0 Å². The van der Waals surface area contributed by atoms with Gasteiger partial charge in [0.15, 0.2) is 0 Å². The molecule has 0 bridgehead atoms. The van der Waals surface area contributed by atoms with E-state index in [-0.39, 0.29) is 0 Å². The van der Waals surface area contributed by atoms with Gasteiger partial charge < -0.3 is 4.90 Å². The Kier molecular flexibility index (Phi) is 8.94. The lowest BCUT2D eigenvalue weighted by atomic mass is 10.1. The fraction of sp³-hybridized carbons (Fsp3) is 0.565. The predicted molar refractivity (Wildman–Crippen MR) is 121 cm³/mol. The van der Waals surface area contributed by atoms with E-state index in [0.29, 0.717) is 5.92 Å². The topological polar surface area (TPSA) is 3.24 Å². The van der Waals surface area contributed by atoms with Crippen molar-refractivity contribution in [2.45, 2.75) is 65.7 Å². The Hall–Kier alpha value is -1.06. The first-order valence-corrected chi connectivity index (χ1v) is 11.8. The van der Waals surface area contributed by atoms with Crippen molar-refractivity contribution in [1.82, 2.24) is 4.90 Å². The summed E-state index contributed by atoms with van der Waals surface area (Å²) in [5.41, 5.74) is 2.68. The van der Waals surface area contributed by atoms with Crippen LogP contribution in [0.5, 0.6) is 0 Å². The number of rotatable bonds is 12. The van der Waals surface area contributed by atoms with Crippen molar-refractivity contribution >= 4 is 28.4 Å². The van der Waals surface area contributed by atoms with Gasteiger partial charge in [-0.15, -0.1) is 22.7 Å². The van der Waals surface area contributed by atoms with Gasteiger partial charge in [0.2, 0.25) is 0 Å². The highest BCUT2D eigenvalue weighted by Crippen LogP contribution is 2.38. The summed E-state index contributed by atoms with van der Waals surface area (Å²) in [6.45, 7) is 12.3. The fourth-order valence-electron chi connectivity index (χ4n) is 3.46. The summed E-state index contributed by atoms with van der Waals surface area (Å²) in [6, 6.07) is 6.86. The first-order valence-electron chi connectivity index (χ1n) is 10.1. The second-order valence-electron chi connectivity index (χ2n) is 7.47. The molecular weight excluding hydrogens is 354 g/mol. The number of thiophene rings is 2. The molecule has 0 aliphatic carbocycles. The molecule has 3 heteroatoms. The third-order valence-corrected chi connectivity index (χ3v) is 7.26. The van der Waals surface area contributed by atoms with E-state index in [1.165, 1.54) is 65.1 Å². The van der Waals surface area contributed by atoms with Crippen LogP contribution in [0.4, 0.5) is 0 Å². The van der Waals surface area contributed by atoms with Crippen LogP contribution in [0.15, 0.2) is 30.2 Å². The van der Waals surface area contributed by atoms with E-state index < -0.39 is 0 Å². The highest BCUT2D eigenvalue weighted by atomic mass is 32.1. The van der Waals surface area contributed by atoms with Crippen LogP contribution in [-0.4, -0.2) is 18.5 Å². The molecule has 144 valence electrons. The smallest absolute Gasteiger partial charge is 0.0504 e. The summed E-state index contributed by atoms with van der Waals surface area (Å²) in [5.74, 6) is 0.716. The van der Waals surface area contributed by atoms with Gasteiger partial charge in [-0.2, -0.15) is 0 Å². The molecule has 0 radical (unpaired) electrons. The lowest BCUT2D eigenvalue weighted by Gasteiger charge is -2.24. The summed E-state index contributed by atoms with van der Waals surface area (Å²) in [4.78, 5) is 6.50. The van der Waals surface area contributed by atoms with Gasteiger partial charge in [0, 0.05) is 29.0 Å². The van der Waals surface area contributed by atoms with Gasteiger partial charge in [0.1, 0.15) is 0 Å². The van der Waals surface area contributed by atoms with Crippen LogP contribution in [0.25, 0.3) is 15.5 Å². The van der Waals surface area contributed by atoms with E-state index in [0.717, 1.165) is 12.2 Å². The molecule has 2 rings (SSSR count). The molecule has 0 aliphatic rings. The van der Waals surface area contributed by atoms with Gasteiger partial charge in [0.05, 0.1) is 4.88 Å². The maximum Gasteiger partial charge on any atom is 0.0504 e. The van der Waals surface area contributed by atoms with Crippen molar-refractivity contribution in [2.75, 3.05) is 13.6 Å². The van der Waals surface area contributed by atoms with Crippen LogP contribution in [-0.2, 0) is 6.42 Å². The molecule has 1 atom stereocenters. The lowest BCUT2D eigenvalue weighted by Crippen LogP contribution is -2.22. The zero-order valence-electron chi connectivity index (χ0n) is 17.0. The van der Waals surface area contributed by atoms with Crippen LogP contribution in [0.3, 0.4) is 0 Å². The van der Waals surface area contributed by atoms with Crippen LogP contribution >= 0.6 is 22.7 Å². The monoisotopic (exact) mass is 389 g/mol. The standard InChI is InChI=1S/C23H35NS2/c1-6-8-9-10-12-20-15-16-25-23(20)22-14-13-21(26-22)19(4)24(5)17-18(3)11-7-2/h13-16,18H,4,6-12,17H2,1-3,5H3. The highest BCUT2D eigenvalue weighted by Gasteiger charge is 2.14. The van der Waals surface area contributed by atoms with Crippen molar-refractivity contribution in [3.63, 3.8) is 0 Å². The molecular formula is C23H35NS2. The van der Waals surface area contributed by atoms with Gasteiger partial charge in [-0.25, -0.2) is 0 Å². The van der Waals surface area contributed by atoms with Crippen molar-refractivity contribution in [1.29, 1.82) is 0 Å². The molecule has 26 heavy (non-hydrogen) atoms. The van der Waals surface area contributed by atoms with Gasteiger partial charge in [0.25, 0.3) is 0 Å². The Bertz CT molecular complexity index is 667. The first-order chi connectivity index (χ1) is 12.6. The molecule has 0 fully saturated rings. The third-order valence-electron chi connectivity index (χ3n) is 4.99. The molecule has 1 nitrogen and oxygen atoms in total. The Labute approximate surface area is 168 Å². The molecule has 0 aromatic carbocycles. The Balaban J connectivity index is 2.01. The van der Waals surface area contributed by atoms with E-state index in [1.54, 1.807) is 0 Å². The highest BCUT2D eigenvalue weighted by molar-refractivity contribution is 7.22. The predicted octanol–water partition coefficient (Wildman–Crippen LogP) is 7.94. The quantitative estimate of drug-likeness (QED) is 0.333. The fourth-order valence-corrected chi connectivity index (χ4v) is 5.61. The minimum Gasteiger partial charge on any atom is -0.374 e. The maximum atomic E-state index is 4.36. The molecule has 2 aromatic rings. The lowest BCUT2D eigenvalue weighted by molar-refractivity contribution is 0.371. The maximum absolute atomic E-state index is 4.36. The Morgan fingerprint density at radius 2 is 1.92 bits per heavy atom. The number of hydrogen-bond donors (Lipinski definition) is 0. The summed E-state index contributed by atoms with van der Waals surface area (Å²) in [5, 5.41) is 2.25. The average Bonchev–Trinajstić information content (AvgIpc) is 3.27. The van der Waals surface area contributed by atoms with Crippen molar-refractivity contribution in [3.05, 3.63) is 40.6 Å². The summed E-state index contributed by atoms with van der Waals surface area (Å²) in [7, 11) is 2.18. The first kappa shape index (κ1) is 21.2. The van der Waals surface area contributed by atoms with E-state index in [4.69, 9.17) is 0 Å². The SMILES string of the molecule is C=C(c1ccc(-c2sccc2CCCCCC)s1)N(C)CC(C)CCC. The zero-order valence-corrected chi connectivity index (χ0v) is 18.6. The minimum atomic E-state index is 0.716. The molecule has 0 spiro atoms. The molecule has 2 aromatic heterocycles. The van der Waals surface area contributed by atoms with Crippen LogP contribution in [0.1, 0.15) is 69.7 Å². The Morgan fingerprint density at radius 1 is 1.12 bits per heavy atom. The molecule has 0 N–H and O–H groups in total. The van der Waals surface area contributed by atoms with E-state index in [2.05, 4.69) is 62.9 Å². The number of nitrogens with zero attached hydrogens (tertiary/aromatic N) is 1. The second kappa shape index (κ2) is 10.9. The van der Waals surface area contributed by atoms with Gasteiger partial charge >= 0.3 is 0 Å². The number of aryl methyl sites for hydroxylation is 1. The zero-order chi connectivity index (χ0) is 18.9. The average molecular weight is 390 g/mol. The van der Waals surface area contributed by atoms with Crippen LogP contribution in [0.2, 0.25) is 0 Å². The van der Waals surface area contributed by atoms with Crippen LogP contribution in [0, 0.1) is 5.92 Å². The minimum absolute atomic E-state index is 0.716. The normalized spacial score (nSPS) is 12.3. The molecule has 0 aliphatic heterocycles. The Morgan fingerprint density at radius 3 is 2.65 bits per heavy atom. The molecule has 2 heterocycles. The van der Waals surface area contributed by atoms with E-state index in [9.17, 15) is 0 Å². The van der Waals surface area contributed by atoms with Gasteiger partial charge in [-0.3, -0.25) is 0 Å².